The first-order valence-corrected chi connectivity index (χ1v) is 11.2. The van der Waals surface area contributed by atoms with E-state index in [1.807, 2.05) is 6.07 Å². The second-order valence-corrected chi connectivity index (χ2v) is 8.36. The summed E-state index contributed by atoms with van der Waals surface area (Å²) in [5.74, 6) is 0.664. The fourth-order valence-electron chi connectivity index (χ4n) is 3.77. The molecule has 0 atom stereocenters. The highest BCUT2D eigenvalue weighted by Crippen LogP contribution is 2.38. The highest BCUT2D eigenvalue weighted by Gasteiger charge is 2.26. The summed E-state index contributed by atoms with van der Waals surface area (Å²) in [5, 5.41) is 3.57. The molecule has 3 rings (SSSR count). The van der Waals surface area contributed by atoms with Crippen molar-refractivity contribution in [3.05, 3.63) is 39.8 Å². The molecule has 0 saturated carbocycles. The van der Waals surface area contributed by atoms with Gasteiger partial charge in [-0.3, -0.25) is 4.79 Å². The lowest BCUT2D eigenvalue weighted by atomic mass is 9.96. The zero-order chi connectivity index (χ0) is 21.5. The van der Waals surface area contributed by atoms with E-state index < -0.39 is 0 Å². The average molecular weight is 432 g/mol. The van der Waals surface area contributed by atoms with Crippen molar-refractivity contribution in [3.63, 3.8) is 0 Å². The third-order valence-electron chi connectivity index (χ3n) is 5.22. The van der Waals surface area contributed by atoms with E-state index in [0.29, 0.717) is 28.7 Å². The topological polar surface area (TPSA) is 73.9 Å². The number of carbonyl (C=O) groups excluding carboxylic acids is 2. The van der Waals surface area contributed by atoms with Crippen LogP contribution in [0.3, 0.4) is 0 Å². The summed E-state index contributed by atoms with van der Waals surface area (Å²) in [7, 11) is 3.14. The van der Waals surface area contributed by atoms with Gasteiger partial charge in [0.25, 0.3) is 0 Å². The van der Waals surface area contributed by atoms with Gasteiger partial charge in [-0.2, -0.15) is 0 Å². The van der Waals surface area contributed by atoms with Crippen LogP contribution in [0.25, 0.3) is 0 Å². The maximum atomic E-state index is 12.8. The minimum atomic E-state index is -0.350. The van der Waals surface area contributed by atoms with E-state index in [2.05, 4.69) is 5.32 Å². The Balaban J connectivity index is 1.83. The van der Waals surface area contributed by atoms with Crippen LogP contribution in [-0.4, -0.2) is 32.7 Å². The summed E-state index contributed by atoms with van der Waals surface area (Å²) in [6, 6.07) is 5.40. The fraction of sp³-hybridized carbons (Fsp3) is 0.478. The number of thiophene rings is 1. The van der Waals surface area contributed by atoms with E-state index in [4.69, 9.17) is 14.2 Å². The lowest BCUT2D eigenvalue weighted by Crippen LogP contribution is -2.17. The van der Waals surface area contributed by atoms with Crippen LogP contribution in [0, 0.1) is 0 Å². The summed E-state index contributed by atoms with van der Waals surface area (Å²) in [5.41, 5.74) is 2.40. The number of carbonyl (C=O) groups is 2. The number of amides is 1. The highest BCUT2D eigenvalue weighted by molar-refractivity contribution is 7.17. The van der Waals surface area contributed by atoms with Crippen LogP contribution in [0.5, 0.6) is 11.5 Å². The number of esters is 1. The van der Waals surface area contributed by atoms with Gasteiger partial charge in [-0.25, -0.2) is 4.79 Å². The molecule has 0 radical (unpaired) electrons. The Morgan fingerprint density at radius 2 is 1.77 bits per heavy atom. The highest BCUT2D eigenvalue weighted by atomic mass is 32.1. The number of hydrogen-bond donors (Lipinski definition) is 1. The number of methoxy groups -OCH3 is 2. The van der Waals surface area contributed by atoms with Crippen molar-refractivity contribution in [2.45, 2.75) is 51.9 Å². The molecule has 1 aromatic carbocycles. The molecule has 0 bridgehead atoms. The molecule has 1 aliphatic carbocycles. The van der Waals surface area contributed by atoms with Gasteiger partial charge < -0.3 is 19.5 Å². The van der Waals surface area contributed by atoms with Crippen LogP contribution in [0.2, 0.25) is 0 Å². The quantitative estimate of drug-likeness (QED) is 0.639. The third-order valence-corrected chi connectivity index (χ3v) is 6.42. The Bertz CT molecular complexity index is 905. The lowest BCUT2D eigenvalue weighted by molar-refractivity contribution is -0.115. The molecule has 2 aromatic rings. The van der Waals surface area contributed by atoms with Crippen molar-refractivity contribution >= 4 is 28.2 Å². The summed E-state index contributed by atoms with van der Waals surface area (Å²) < 4.78 is 15.9. The van der Waals surface area contributed by atoms with Gasteiger partial charge in [-0.15, -0.1) is 11.3 Å². The summed E-state index contributed by atoms with van der Waals surface area (Å²) in [6.45, 7) is 2.10. The van der Waals surface area contributed by atoms with Gasteiger partial charge in [-0.05, 0) is 55.9 Å². The molecule has 1 N–H and O–H groups in total. The first-order chi connectivity index (χ1) is 14.6. The SMILES string of the molecule is CCOC(=O)c1c(NC(=O)Cc2ccc(OC)c(OC)c2)sc2c1CCCCCC2. The van der Waals surface area contributed by atoms with E-state index in [1.165, 1.54) is 29.1 Å². The average Bonchev–Trinajstić information content (AvgIpc) is 3.03. The summed E-state index contributed by atoms with van der Waals surface area (Å²) >= 11 is 1.51. The Morgan fingerprint density at radius 1 is 1.03 bits per heavy atom. The van der Waals surface area contributed by atoms with Crippen LogP contribution < -0.4 is 14.8 Å². The van der Waals surface area contributed by atoms with Gasteiger partial charge in [-0.1, -0.05) is 18.9 Å². The van der Waals surface area contributed by atoms with Gasteiger partial charge in [0.15, 0.2) is 11.5 Å². The van der Waals surface area contributed by atoms with Crippen molar-refractivity contribution < 1.29 is 23.8 Å². The molecule has 1 aliphatic rings. The molecule has 0 spiro atoms. The molecule has 1 amide bonds. The first kappa shape index (κ1) is 22.2. The number of benzene rings is 1. The van der Waals surface area contributed by atoms with Crippen LogP contribution in [0.4, 0.5) is 5.00 Å². The Hall–Kier alpha value is -2.54. The number of hydrogen-bond acceptors (Lipinski definition) is 6. The standard InChI is InChI=1S/C23H29NO5S/c1-4-29-23(26)21-16-9-7-5-6-8-10-19(16)30-22(21)24-20(25)14-15-11-12-17(27-2)18(13-15)28-3/h11-13H,4-10,14H2,1-3H3,(H,24,25). The predicted molar refractivity (Wildman–Crippen MR) is 118 cm³/mol. The van der Waals surface area contributed by atoms with Crippen LogP contribution in [0.1, 0.15) is 59.0 Å². The number of anilines is 1. The van der Waals surface area contributed by atoms with Gasteiger partial charge in [0, 0.05) is 4.88 Å². The number of rotatable bonds is 7. The first-order valence-electron chi connectivity index (χ1n) is 10.4. The van der Waals surface area contributed by atoms with Gasteiger partial charge in [0.1, 0.15) is 5.00 Å². The van der Waals surface area contributed by atoms with Crippen molar-refractivity contribution in [1.82, 2.24) is 0 Å². The Morgan fingerprint density at radius 3 is 2.47 bits per heavy atom. The maximum absolute atomic E-state index is 12.8. The Kier molecular flexibility index (Phi) is 7.74. The predicted octanol–water partition coefficient (Wildman–Crippen LogP) is 4.78. The van der Waals surface area contributed by atoms with Crippen molar-refractivity contribution in [2.75, 3.05) is 26.1 Å². The maximum Gasteiger partial charge on any atom is 0.341 e. The molecule has 1 aromatic heterocycles. The number of ether oxygens (including phenoxy) is 3. The largest absolute Gasteiger partial charge is 0.493 e. The van der Waals surface area contributed by atoms with Crippen molar-refractivity contribution in [2.24, 2.45) is 0 Å². The Labute approximate surface area is 181 Å². The monoisotopic (exact) mass is 431 g/mol. The smallest absolute Gasteiger partial charge is 0.341 e. The molecular formula is C23H29NO5S. The van der Waals surface area contributed by atoms with E-state index in [-0.39, 0.29) is 18.3 Å². The van der Waals surface area contributed by atoms with Crippen molar-refractivity contribution in [3.8, 4) is 11.5 Å². The zero-order valence-electron chi connectivity index (χ0n) is 17.8. The molecule has 1 heterocycles. The third kappa shape index (κ3) is 5.14. The van der Waals surface area contributed by atoms with E-state index in [9.17, 15) is 9.59 Å². The van der Waals surface area contributed by atoms with Crippen molar-refractivity contribution in [1.29, 1.82) is 0 Å². The second-order valence-electron chi connectivity index (χ2n) is 7.26. The van der Waals surface area contributed by atoms with Gasteiger partial charge >= 0.3 is 5.97 Å². The number of aryl methyl sites for hydroxylation is 1. The molecule has 30 heavy (non-hydrogen) atoms. The molecule has 7 heteroatoms. The lowest BCUT2D eigenvalue weighted by Gasteiger charge is -2.12. The van der Waals surface area contributed by atoms with Crippen LogP contribution in [0.15, 0.2) is 18.2 Å². The second kappa shape index (κ2) is 10.5. The minimum Gasteiger partial charge on any atom is -0.493 e. The van der Waals surface area contributed by atoms with E-state index in [0.717, 1.165) is 36.8 Å². The molecule has 0 aliphatic heterocycles. The normalized spacial score (nSPS) is 13.6. The van der Waals surface area contributed by atoms with E-state index >= 15 is 0 Å². The van der Waals surface area contributed by atoms with Gasteiger partial charge in [0.05, 0.1) is 32.8 Å². The molecular weight excluding hydrogens is 402 g/mol. The number of fused-ring (bicyclic) bond motifs is 1. The zero-order valence-corrected chi connectivity index (χ0v) is 18.7. The molecule has 0 fully saturated rings. The molecule has 0 saturated heterocycles. The minimum absolute atomic E-state index is 0.172. The van der Waals surface area contributed by atoms with E-state index in [1.54, 1.807) is 33.3 Å². The molecule has 0 unspecified atom stereocenters. The summed E-state index contributed by atoms with van der Waals surface area (Å²) in [6.07, 6.45) is 6.49. The van der Waals surface area contributed by atoms with Crippen LogP contribution in [-0.2, 0) is 28.8 Å². The van der Waals surface area contributed by atoms with Gasteiger partial charge in [0.2, 0.25) is 5.91 Å². The van der Waals surface area contributed by atoms with Crippen LogP contribution >= 0.6 is 11.3 Å². The molecule has 6 nitrogen and oxygen atoms in total. The fourth-order valence-corrected chi connectivity index (χ4v) is 5.07. The summed E-state index contributed by atoms with van der Waals surface area (Å²) in [4.78, 5) is 26.7. The number of nitrogens with one attached hydrogen (secondary N) is 1. The molecule has 162 valence electrons.